The quantitative estimate of drug-likeness (QED) is 0.238. The zero-order valence-corrected chi connectivity index (χ0v) is 25.9. The summed E-state index contributed by atoms with van der Waals surface area (Å²) in [4.78, 5) is 33.9. The summed E-state index contributed by atoms with van der Waals surface area (Å²) in [7, 11) is 0. The molecule has 2 atom stereocenters. The number of nitrogens with zero attached hydrogens (tertiary/aromatic N) is 6. The first-order valence-corrected chi connectivity index (χ1v) is 15.7. The number of alkyl halides is 3. The van der Waals surface area contributed by atoms with Crippen LogP contribution in [0.1, 0.15) is 66.2 Å². The molecule has 2 unspecified atom stereocenters. The predicted molar refractivity (Wildman–Crippen MR) is 165 cm³/mol. The van der Waals surface area contributed by atoms with Crippen LogP contribution in [0, 0.1) is 17.2 Å². The third-order valence-corrected chi connectivity index (χ3v) is 9.23. The summed E-state index contributed by atoms with van der Waals surface area (Å²) in [5.41, 5.74) is 2.55. The van der Waals surface area contributed by atoms with Gasteiger partial charge in [0, 0.05) is 56.7 Å². The highest BCUT2D eigenvalue weighted by Gasteiger charge is 2.35. The van der Waals surface area contributed by atoms with Gasteiger partial charge in [-0.25, -0.2) is 9.97 Å². The van der Waals surface area contributed by atoms with Crippen molar-refractivity contribution in [3.05, 3.63) is 76.5 Å². The molecule has 0 amide bonds. The molecule has 4 aromatic rings. The number of nitriles is 1. The van der Waals surface area contributed by atoms with E-state index < -0.39 is 11.7 Å². The minimum absolute atomic E-state index is 0.0432. The fourth-order valence-electron chi connectivity index (χ4n) is 6.65. The Morgan fingerprint density at radius 2 is 1.87 bits per heavy atom. The number of halogens is 3. The van der Waals surface area contributed by atoms with Crippen LogP contribution in [0.15, 0.2) is 42.9 Å². The van der Waals surface area contributed by atoms with Gasteiger partial charge in [-0.1, -0.05) is 26.0 Å². The van der Waals surface area contributed by atoms with Crippen LogP contribution in [-0.2, 0) is 30.4 Å². The molecule has 46 heavy (non-hydrogen) atoms. The van der Waals surface area contributed by atoms with Crippen LogP contribution < -0.4 is 4.74 Å². The lowest BCUT2D eigenvalue weighted by molar-refractivity contribution is -0.138. The predicted octanol–water partition coefficient (Wildman–Crippen LogP) is 6.04. The minimum atomic E-state index is -4.51. The molecule has 0 radical (unpaired) electrons. The SMILES string of the molecule is CCC1CC(C(=O)Cc2ccc(CN3CCN(CC)CC3)c(C(F)(F)F)c2)Cc2cc(Oc3ncnc4[nH]c(C#N)cc34)cnc21. The molecule has 0 spiro atoms. The van der Waals surface area contributed by atoms with Crippen molar-refractivity contribution >= 4 is 16.8 Å². The Balaban J connectivity index is 1.18. The van der Waals surface area contributed by atoms with Crippen molar-refractivity contribution in [3.63, 3.8) is 0 Å². The second kappa shape index (κ2) is 13.2. The van der Waals surface area contributed by atoms with Crippen LogP contribution in [-0.4, -0.2) is 68.2 Å². The molecule has 1 aliphatic carbocycles. The topological polar surface area (TPSA) is 111 Å². The number of aromatic amines is 1. The number of pyridine rings is 1. The number of H-pyrrole nitrogens is 1. The molecule has 240 valence electrons. The molecule has 1 N–H and O–H groups in total. The number of benzene rings is 1. The molecule has 6 rings (SSSR count). The number of fused-ring (bicyclic) bond motifs is 2. The average Bonchev–Trinajstić information content (AvgIpc) is 3.49. The molecule has 1 saturated heterocycles. The highest BCUT2D eigenvalue weighted by atomic mass is 19.4. The molecular weight excluding hydrogens is 595 g/mol. The van der Waals surface area contributed by atoms with Crippen molar-refractivity contribution in [2.75, 3.05) is 32.7 Å². The third-order valence-electron chi connectivity index (χ3n) is 9.23. The van der Waals surface area contributed by atoms with E-state index in [9.17, 15) is 23.2 Å². The van der Waals surface area contributed by atoms with Gasteiger partial charge >= 0.3 is 6.18 Å². The van der Waals surface area contributed by atoms with Crippen LogP contribution in [0.25, 0.3) is 11.0 Å². The van der Waals surface area contributed by atoms with Gasteiger partial charge in [-0.15, -0.1) is 0 Å². The zero-order chi connectivity index (χ0) is 32.4. The number of ether oxygens (including phenoxy) is 1. The number of carbonyl (C=O) groups is 1. The summed E-state index contributed by atoms with van der Waals surface area (Å²) in [6, 6.07) is 9.90. The van der Waals surface area contributed by atoms with Crippen LogP contribution >= 0.6 is 0 Å². The molecule has 0 saturated carbocycles. The maximum Gasteiger partial charge on any atom is 0.416 e. The summed E-state index contributed by atoms with van der Waals surface area (Å²) in [5, 5.41) is 9.79. The Morgan fingerprint density at radius 1 is 1.09 bits per heavy atom. The lowest BCUT2D eigenvalue weighted by Crippen LogP contribution is -2.45. The lowest BCUT2D eigenvalue weighted by Gasteiger charge is -2.34. The van der Waals surface area contributed by atoms with Gasteiger partial charge in [-0.2, -0.15) is 18.4 Å². The second-order valence-electron chi connectivity index (χ2n) is 12.1. The number of nitrogens with one attached hydrogen (secondary N) is 1. The maximum absolute atomic E-state index is 14.2. The monoisotopic (exact) mass is 631 g/mol. The first-order chi connectivity index (χ1) is 22.1. The lowest BCUT2D eigenvalue weighted by atomic mass is 9.75. The number of aromatic nitrogens is 4. The van der Waals surface area contributed by atoms with Crippen molar-refractivity contribution in [1.82, 2.24) is 29.7 Å². The van der Waals surface area contributed by atoms with Gasteiger partial charge in [-0.3, -0.25) is 14.7 Å². The number of hydrogen-bond acceptors (Lipinski definition) is 8. The van der Waals surface area contributed by atoms with Crippen LogP contribution in [0.2, 0.25) is 0 Å². The average molecular weight is 632 g/mol. The first-order valence-electron chi connectivity index (χ1n) is 15.7. The normalized spacial score (nSPS) is 19.1. The Labute approximate surface area is 265 Å². The fourth-order valence-corrected chi connectivity index (χ4v) is 6.65. The maximum atomic E-state index is 14.2. The minimum Gasteiger partial charge on any atom is -0.437 e. The van der Waals surface area contributed by atoms with Crippen molar-refractivity contribution < 1.29 is 22.7 Å². The van der Waals surface area contributed by atoms with Gasteiger partial charge in [0.1, 0.15) is 35.3 Å². The summed E-state index contributed by atoms with van der Waals surface area (Å²) in [5.74, 6) is 0.310. The van der Waals surface area contributed by atoms with Gasteiger partial charge in [0.2, 0.25) is 5.88 Å². The Kier molecular flexibility index (Phi) is 9.06. The summed E-state index contributed by atoms with van der Waals surface area (Å²) in [6.45, 7) is 8.45. The van der Waals surface area contributed by atoms with Crippen molar-refractivity contribution in [3.8, 4) is 17.7 Å². The number of ketones is 1. The van der Waals surface area contributed by atoms with Gasteiger partial charge in [0.15, 0.2) is 0 Å². The second-order valence-corrected chi connectivity index (χ2v) is 12.1. The van der Waals surface area contributed by atoms with Gasteiger partial charge in [0.25, 0.3) is 0 Å². The van der Waals surface area contributed by atoms with Crippen molar-refractivity contribution in [2.24, 2.45) is 5.92 Å². The molecule has 12 heteroatoms. The first kappa shape index (κ1) is 31.6. The Morgan fingerprint density at radius 3 is 2.59 bits per heavy atom. The van der Waals surface area contributed by atoms with E-state index in [0.717, 1.165) is 56.5 Å². The van der Waals surface area contributed by atoms with Gasteiger partial charge in [-0.05, 0) is 60.7 Å². The van der Waals surface area contributed by atoms with Crippen LogP contribution in [0.5, 0.6) is 11.6 Å². The van der Waals surface area contributed by atoms with E-state index in [-0.39, 0.29) is 42.0 Å². The fraction of sp³-hybridized carbons (Fsp3) is 0.441. The van der Waals surface area contributed by atoms with E-state index >= 15 is 0 Å². The Bertz CT molecular complexity index is 1770. The molecular formula is C34H36F3N7O2. The Hall–Kier alpha value is -4.34. The molecule has 4 heterocycles. The summed E-state index contributed by atoms with van der Waals surface area (Å²) < 4.78 is 48.7. The number of Topliss-reactive ketones (excluding diaryl/α,β-unsaturated/α-hetero) is 1. The number of rotatable bonds is 9. The van der Waals surface area contributed by atoms with E-state index in [1.165, 1.54) is 6.33 Å². The zero-order valence-electron chi connectivity index (χ0n) is 25.9. The largest absolute Gasteiger partial charge is 0.437 e. The molecule has 9 nitrogen and oxygen atoms in total. The van der Waals surface area contributed by atoms with Gasteiger partial charge in [0.05, 0.1) is 17.1 Å². The molecule has 3 aromatic heterocycles. The van der Waals surface area contributed by atoms with E-state index in [2.05, 4.69) is 36.7 Å². The van der Waals surface area contributed by atoms with E-state index in [4.69, 9.17) is 4.74 Å². The van der Waals surface area contributed by atoms with Crippen molar-refractivity contribution in [1.29, 1.82) is 5.26 Å². The molecule has 2 aliphatic rings. The highest BCUT2D eigenvalue weighted by molar-refractivity contribution is 5.84. The molecule has 0 bridgehead atoms. The number of carbonyl (C=O) groups excluding carboxylic acids is 1. The van der Waals surface area contributed by atoms with Gasteiger partial charge < -0.3 is 14.6 Å². The highest BCUT2D eigenvalue weighted by Crippen LogP contribution is 2.39. The standard InChI is InChI=1S/C34H36F3N7O2/c1-3-22-13-24(14-25-15-27(18-39-31(22)25)46-33-28-16-26(17-38)42-32(28)40-20-41-33)30(45)12-21-5-6-23(29(11-21)34(35,36)37)19-44-9-7-43(4-2)8-10-44/h5-6,11,15-16,18,20,22,24H,3-4,7-10,12-14,19H2,1-2H3,(H,40,41,42). The molecule has 1 aromatic carbocycles. The smallest absolute Gasteiger partial charge is 0.416 e. The van der Waals surface area contributed by atoms with Crippen LogP contribution in [0.3, 0.4) is 0 Å². The van der Waals surface area contributed by atoms with Crippen molar-refractivity contribution in [2.45, 2.75) is 58.2 Å². The van der Waals surface area contributed by atoms with E-state index in [1.54, 1.807) is 24.4 Å². The third kappa shape index (κ3) is 6.76. The van der Waals surface area contributed by atoms with E-state index in [0.29, 0.717) is 40.9 Å². The number of hydrogen-bond donors (Lipinski definition) is 1. The summed E-state index contributed by atoms with van der Waals surface area (Å²) >= 11 is 0. The van der Waals surface area contributed by atoms with Crippen LogP contribution in [0.4, 0.5) is 13.2 Å². The molecule has 1 fully saturated rings. The van der Waals surface area contributed by atoms with E-state index in [1.807, 2.05) is 19.1 Å². The molecule has 1 aliphatic heterocycles. The summed E-state index contributed by atoms with van der Waals surface area (Å²) in [6.07, 6.45) is 0.181. The number of piperazine rings is 1. The number of likely N-dealkylation sites (N-methyl/N-ethyl adjacent to an activating group) is 1.